The quantitative estimate of drug-likeness (QED) is 0.742. The normalized spacial score (nSPS) is 15.6. The lowest BCUT2D eigenvalue weighted by Crippen LogP contribution is -2.31. The van der Waals surface area contributed by atoms with E-state index < -0.39 is 23.4 Å². The Morgan fingerprint density at radius 2 is 2.04 bits per heavy atom. The van der Waals surface area contributed by atoms with Gasteiger partial charge in [0.25, 0.3) is 11.5 Å². The summed E-state index contributed by atoms with van der Waals surface area (Å²) in [6.07, 6.45) is 0.878. The number of amides is 1. The smallest absolute Gasteiger partial charge is 0.265 e. The third-order valence-electron chi connectivity index (χ3n) is 4.63. The summed E-state index contributed by atoms with van der Waals surface area (Å²) in [6.45, 7) is 3.97. The number of rotatable bonds is 2. The number of hydrogen-bond donors (Lipinski definition) is 2. The van der Waals surface area contributed by atoms with Crippen molar-refractivity contribution in [2.45, 2.75) is 26.4 Å². The average Bonchev–Trinajstić information content (AvgIpc) is 2.99. The number of aryl methyl sites for hydroxylation is 2. The van der Waals surface area contributed by atoms with Crippen LogP contribution < -0.4 is 15.6 Å². The Kier molecular flexibility index (Phi) is 3.72. The van der Waals surface area contributed by atoms with Crippen LogP contribution in [0.1, 0.15) is 16.7 Å². The minimum atomic E-state index is -0.742. The molecule has 0 radical (unpaired) electrons. The average molecular weight is 353 g/mol. The second-order valence-corrected chi connectivity index (χ2v) is 6.42. The molecule has 2 heterocycles. The van der Waals surface area contributed by atoms with E-state index in [-0.39, 0.29) is 16.6 Å². The first-order chi connectivity index (χ1) is 12.4. The number of hydrogen-bond acceptors (Lipinski definition) is 4. The zero-order chi connectivity index (χ0) is 18.4. The lowest BCUT2D eigenvalue weighted by Gasteiger charge is -2.12. The van der Waals surface area contributed by atoms with E-state index in [1.807, 2.05) is 26.0 Å². The SMILES string of the molecule is Cc1cc2c(cc1C)O[C@H](C(=O)Nc1cc3c(=O)[nH]cnc3cc1F)C2. The first-order valence-corrected chi connectivity index (χ1v) is 8.17. The molecule has 1 aromatic heterocycles. The standard InChI is InChI=1S/C19H16FN3O3/c1-9-3-11-5-17(26-16(11)4-10(9)2)19(25)23-15-6-12-14(7-13(15)20)21-8-22-18(12)24/h3-4,6-8,17H,5H2,1-2H3,(H,23,25)(H,21,22,24)/t17-/m0/s1. The topological polar surface area (TPSA) is 84.1 Å². The molecule has 7 heteroatoms. The van der Waals surface area contributed by atoms with Gasteiger partial charge in [-0.1, -0.05) is 6.07 Å². The molecule has 0 aliphatic carbocycles. The molecule has 4 rings (SSSR count). The van der Waals surface area contributed by atoms with Crippen LogP contribution in [0.2, 0.25) is 0 Å². The number of fused-ring (bicyclic) bond motifs is 2. The Morgan fingerprint density at radius 3 is 2.85 bits per heavy atom. The maximum absolute atomic E-state index is 14.3. The number of anilines is 1. The van der Waals surface area contributed by atoms with E-state index in [1.54, 1.807) is 0 Å². The summed E-state index contributed by atoms with van der Waals surface area (Å²) in [7, 11) is 0. The number of carbonyl (C=O) groups is 1. The number of nitrogens with zero attached hydrogens (tertiary/aromatic N) is 1. The van der Waals surface area contributed by atoms with Gasteiger partial charge in [-0.05, 0) is 42.7 Å². The van der Waals surface area contributed by atoms with E-state index in [4.69, 9.17) is 4.74 Å². The largest absolute Gasteiger partial charge is 0.480 e. The first-order valence-electron chi connectivity index (χ1n) is 8.17. The van der Waals surface area contributed by atoms with Gasteiger partial charge in [-0.15, -0.1) is 0 Å². The Hall–Kier alpha value is -3.22. The van der Waals surface area contributed by atoms with Gasteiger partial charge in [0.15, 0.2) is 6.10 Å². The Morgan fingerprint density at radius 1 is 1.27 bits per heavy atom. The van der Waals surface area contributed by atoms with Gasteiger partial charge in [0.2, 0.25) is 0 Å². The monoisotopic (exact) mass is 353 g/mol. The van der Waals surface area contributed by atoms with Crippen LogP contribution in [0.3, 0.4) is 0 Å². The number of aromatic nitrogens is 2. The van der Waals surface area contributed by atoms with Gasteiger partial charge in [-0.2, -0.15) is 0 Å². The lowest BCUT2D eigenvalue weighted by atomic mass is 10.0. The highest BCUT2D eigenvalue weighted by atomic mass is 19.1. The summed E-state index contributed by atoms with van der Waals surface area (Å²) in [6, 6.07) is 6.31. The molecule has 1 aliphatic heterocycles. The van der Waals surface area contributed by atoms with Gasteiger partial charge >= 0.3 is 0 Å². The summed E-state index contributed by atoms with van der Waals surface area (Å²) < 4.78 is 20.0. The van der Waals surface area contributed by atoms with E-state index in [9.17, 15) is 14.0 Å². The van der Waals surface area contributed by atoms with Crippen molar-refractivity contribution in [3.8, 4) is 5.75 Å². The minimum absolute atomic E-state index is 0.0760. The van der Waals surface area contributed by atoms with Crippen LogP contribution in [0, 0.1) is 19.7 Å². The molecule has 1 atom stereocenters. The van der Waals surface area contributed by atoms with Crippen molar-refractivity contribution in [3.05, 3.63) is 63.5 Å². The molecule has 2 aromatic carbocycles. The van der Waals surface area contributed by atoms with Gasteiger partial charge in [0.1, 0.15) is 11.6 Å². The third-order valence-corrected chi connectivity index (χ3v) is 4.63. The van der Waals surface area contributed by atoms with E-state index in [0.717, 1.165) is 22.8 Å². The number of carbonyl (C=O) groups excluding carboxylic acids is 1. The zero-order valence-corrected chi connectivity index (χ0v) is 14.2. The predicted octanol–water partition coefficient (Wildman–Crippen LogP) is 2.62. The first kappa shape index (κ1) is 16.3. The fourth-order valence-electron chi connectivity index (χ4n) is 3.06. The molecule has 0 fully saturated rings. The van der Waals surface area contributed by atoms with Crippen molar-refractivity contribution < 1.29 is 13.9 Å². The van der Waals surface area contributed by atoms with Crippen LogP contribution in [0.15, 0.2) is 35.4 Å². The Bertz CT molecular complexity index is 1080. The highest BCUT2D eigenvalue weighted by Crippen LogP contribution is 2.32. The molecule has 1 amide bonds. The van der Waals surface area contributed by atoms with E-state index in [1.165, 1.54) is 12.4 Å². The predicted molar refractivity (Wildman–Crippen MR) is 95.0 cm³/mol. The molecule has 26 heavy (non-hydrogen) atoms. The molecule has 1 aliphatic rings. The number of nitrogens with one attached hydrogen (secondary N) is 2. The summed E-state index contributed by atoms with van der Waals surface area (Å²) in [5, 5.41) is 2.72. The molecule has 0 saturated heterocycles. The number of H-pyrrole nitrogens is 1. The number of aromatic amines is 1. The third kappa shape index (κ3) is 2.71. The van der Waals surface area contributed by atoms with E-state index in [0.29, 0.717) is 12.2 Å². The summed E-state index contributed by atoms with van der Waals surface area (Å²) >= 11 is 0. The van der Waals surface area contributed by atoms with Gasteiger partial charge in [0.05, 0.1) is 22.9 Å². The van der Waals surface area contributed by atoms with Crippen LogP contribution in [0.4, 0.5) is 10.1 Å². The van der Waals surface area contributed by atoms with Crippen LogP contribution in [-0.4, -0.2) is 22.0 Å². The van der Waals surface area contributed by atoms with Crippen molar-refractivity contribution in [1.82, 2.24) is 9.97 Å². The zero-order valence-electron chi connectivity index (χ0n) is 14.2. The molecular formula is C19H16FN3O3. The number of halogens is 1. The number of ether oxygens (including phenoxy) is 1. The van der Waals surface area contributed by atoms with Crippen molar-refractivity contribution in [2.24, 2.45) is 0 Å². The van der Waals surface area contributed by atoms with Gasteiger partial charge < -0.3 is 15.0 Å². The summed E-state index contributed by atoms with van der Waals surface area (Å²) in [5.41, 5.74) is 2.90. The second kappa shape index (κ2) is 5.94. The molecule has 2 N–H and O–H groups in total. The molecule has 0 spiro atoms. The lowest BCUT2D eigenvalue weighted by molar-refractivity contribution is -0.122. The van der Waals surface area contributed by atoms with Crippen molar-refractivity contribution in [3.63, 3.8) is 0 Å². The molecular weight excluding hydrogens is 337 g/mol. The van der Waals surface area contributed by atoms with Crippen molar-refractivity contribution in [2.75, 3.05) is 5.32 Å². The van der Waals surface area contributed by atoms with E-state index in [2.05, 4.69) is 15.3 Å². The Labute approximate surface area is 148 Å². The minimum Gasteiger partial charge on any atom is -0.480 e. The van der Waals surface area contributed by atoms with Gasteiger partial charge in [-0.25, -0.2) is 9.37 Å². The molecule has 0 bridgehead atoms. The van der Waals surface area contributed by atoms with Crippen LogP contribution >= 0.6 is 0 Å². The van der Waals surface area contributed by atoms with Crippen molar-refractivity contribution in [1.29, 1.82) is 0 Å². The molecule has 132 valence electrons. The summed E-state index contributed by atoms with van der Waals surface area (Å²) in [5.74, 6) is -0.450. The van der Waals surface area contributed by atoms with Crippen molar-refractivity contribution >= 4 is 22.5 Å². The van der Waals surface area contributed by atoms with Crippen LogP contribution in [0.25, 0.3) is 10.9 Å². The van der Waals surface area contributed by atoms with Gasteiger partial charge in [-0.3, -0.25) is 9.59 Å². The molecule has 3 aromatic rings. The highest BCUT2D eigenvalue weighted by molar-refractivity contribution is 5.97. The summed E-state index contributed by atoms with van der Waals surface area (Å²) in [4.78, 5) is 30.7. The fraction of sp³-hybridized carbons (Fsp3) is 0.211. The molecule has 6 nitrogen and oxygen atoms in total. The molecule has 0 saturated carbocycles. The van der Waals surface area contributed by atoms with Gasteiger partial charge in [0, 0.05) is 12.5 Å². The highest BCUT2D eigenvalue weighted by Gasteiger charge is 2.30. The maximum atomic E-state index is 14.3. The van der Waals surface area contributed by atoms with E-state index >= 15 is 0 Å². The fourth-order valence-corrected chi connectivity index (χ4v) is 3.06. The second-order valence-electron chi connectivity index (χ2n) is 6.42. The number of benzene rings is 2. The maximum Gasteiger partial charge on any atom is 0.265 e. The molecule has 0 unspecified atom stereocenters. The Balaban J connectivity index is 1.59. The van der Waals surface area contributed by atoms with Crippen LogP contribution in [-0.2, 0) is 11.2 Å². The van der Waals surface area contributed by atoms with Crippen LogP contribution in [0.5, 0.6) is 5.75 Å².